The van der Waals surface area contributed by atoms with Crippen LogP contribution in [-0.2, 0) is 4.79 Å². The number of carboxylic acids is 1. The van der Waals surface area contributed by atoms with Gasteiger partial charge in [0.15, 0.2) is 10.8 Å². The van der Waals surface area contributed by atoms with Crippen molar-refractivity contribution < 1.29 is 24.9 Å². The Morgan fingerprint density at radius 2 is 2.11 bits per heavy atom. The second-order valence-corrected chi connectivity index (χ2v) is 5.32. The summed E-state index contributed by atoms with van der Waals surface area (Å²) in [4.78, 5) is 25.1. The van der Waals surface area contributed by atoms with Crippen molar-refractivity contribution >= 4 is 34.4 Å². The zero-order valence-corrected chi connectivity index (χ0v) is 11.5. The van der Waals surface area contributed by atoms with Crippen LogP contribution in [0, 0.1) is 0 Å². The van der Waals surface area contributed by atoms with Crippen molar-refractivity contribution in [3.05, 3.63) is 28.5 Å². The van der Waals surface area contributed by atoms with Gasteiger partial charge in [-0.05, 0) is 6.07 Å². The summed E-state index contributed by atoms with van der Waals surface area (Å²) >= 11 is 6.58. The van der Waals surface area contributed by atoms with Crippen LogP contribution in [0.3, 0.4) is 0 Å². The van der Waals surface area contributed by atoms with Crippen molar-refractivity contribution in [3.63, 3.8) is 0 Å². The van der Waals surface area contributed by atoms with E-state index in [0.29, 0.717) is 0 Å². The molecule has 2 atom stereocenters. The van der Waals surface area contributed by atoms with Gasteiger partial charge < -0.3 is 15.3 Å². The van der Waals surface area contributed by atoms with Gasteiger partial charge in [0.05, 0.1) is 11.1 Å². The number of hydrogen-bond acceptors (Lipinski definition) is 6. The van der Waals surface area contributed by atoms with E-state index >= 15 is 0 Å². The van der Waals surface area contributed by atoms with Crippen LogP contribution in [0.2, 0.25) is 5.02 Å². The number of rotatable bonds is 5. The third kappa shape index (κ3) is 4.46. The summed E-state index contributed by atoms with van der Waals surface area (Å²) in [6, 6.07) is 1.23. The quantitative estimate of drug-likeness (QED) is 0.747. The lowest BCUT2D eigenvalue weighted by Gasteiger charge is -2.17. The van der Waals surface area contributed by atoms with E-state index in [1.54, 1.807) is 0 Å². The Labute approximate surface area is 118 Å². The zero-order chi connectivity index (χ0) is 14.6. The van der Waals surface area contributed by atoms with Gasteiger partial charge in [0, 0.05) is 24.4 Å². The van der Waals surface area contributed by atoms with E-state index in [1.807, 2.05) is 0 Å². The largest absolute Gasteiger partial charge is 0.476 e. The van der Waals surface area contributed by atoms with E-state index in [9.17, 15) is 19.8 Å². The van der Waals surface area contributed by atoms with Crippen LogP contribution in [0.15, 0.2) is 12.3 Å². The highest BCUT2D eigenvalue weighted by Crippen LogP contribution is 2.23. The van der Waals surface area contributed by atoms with E-state index in [2.05, 4.69) is 4.98 Å². The molecule has 8 heteroatoms. The summed E-state index contributed by atoms with van der Waals surface area (Å²) in [5, 5.41) is 28.0. The Morgan fingerprint density at radius 1 is 1.47 bits per heavy atom. The van der Waals surface area contributed by atoms with Crippen molar-refractivity contribution in [2.24, 2.45) is 0 Å². The van der Waals surface area contributed by atoms with Crippen molar-refractivity contribution in [2.45, 2.75) is 19.1 Å². The van der Waals surface area contributed by atoms with E-state index in [-0.39, 0.29) is 27.1 Å². The Bertz CT molecular complexity index is 496. The molecule has 0 saturated heterocycles. The molecule has 1 aromatic heterocycles. The van der Waals surface area contributed by atoms with Crippen molar-refractivity contribution in [1.82, 2.24) is 4.98 Å². The molecule has 0 aliphatic heterocycles. The van der Waals surface area contributed by atoms with E-state index in [1.165, 1.54) is 13.0 Å². The van der Waals surface area contributed by atoms with Gasteiger partial charge in [-0.25, -0.2) is 9.78 Å². The van der Waals surface area contributed by atoms with E-state index < -0.39 is 18.2 Å². The smallest absolute Gasteiger partial charge is 0.356 e. The monoisotopic (exact) mass is 305 g/mol. The van der Waals surface area contributed by atoms with Gasteiger partial charge in [-0.1, -0.05) is 23.4 Å². The normalized spacial score (nSPS) is 13.9. The first kappa shape index (κ1) is 15.9. The van der Waals surface area contributed by atoms with Gasteiger partial charge in [-0.2, -0.15) is 0 Å². The van der Waals surface area contributed by atoms with E-state index in [4.69, 9.17) is 16.7 Å². The van der Waals surface area contributed by atoms with Crippen LogP contribution in [-0.4, -0.2) is 43.2 Å². The molecule has 0 aliphatic carbocycles. The van der Waals surface area contributed by atoms with Gasteiger partial charge in [0.2, 0.25) is 0 Å². The molecule has 0 radical (unpaired) electrons. The molecular formula is C11H12ClNO5S. The molecule has 0 bridgehead atoms. The molecule has 6 nitrogen and oxygen atoms in total. The third-order valence-corrected chi connectivity index (χ3v) is 3.43. The van der Waals surface area contributed by atoms with Crippen LogP contribution in [0.4, 0.5) is 0 Å². The summed E-state index contributed by atoms with van der Waals surface area (Å²) in [5.74, 6) is -1.26. The number of aromatic carboxylic acids is 1. The molecule has 1 heterocycles. The minimum Gasteiger partial charge on any atom is -0.476 e. The molecule has 2 unspecified atom stereocenters. The number of carbonyl (C=O) groups excluding carboxylic acids is 1. The number of pyridine rings is 1. The summed E-state index contributed by atoms with van der Waals surface area (Å²) < 4.78 is 0. The fourth-order valence-electron chi connectivity index (χ4n) is 1.29. The Balaban J connectivity index is 2.82. The summed E-state index contributed by atoms with van der Waals surface area (Å²) in [5.41, 5.74) is -0.142. The van der Waals surface area contributed by atoms with Crippen LogP contribution in [0.5, 0.6) is 0 Å². The van der Waals surface area contributed by atoms with Crippen LogP contribution in [0.1, 0.15) is 29.1 Å². The highest BCUT2D eigenvalue weighted by molar-refractivity contribution is 8.13. The standard InChI is InChI=1S/C11H12ClNO5S/c1-5(14)19-4-8(15)10(16)6-2-7(12)9(11(17)18)13-3-6/h2-3,8,10,15-16H,4H2,1H3,(H,17,18). The minimum absolute atomic E-state index is 0.0226. The summed E-state index contributed by atoms with van der Waals surface area (Å²) in [6.45, 7) is 1.35. The first-order valence-corrected chi connectivity index (χ1v) is 6.57. The first-order chi connectivity index (χ1) is 8.82. The highest BCUT2D eigenvalue weighted by atomic mass is 35.5. The van der Waals surface area contributed by atoms with Crippen molar-refractivity contribution in [1.29, 1.82) is 0 Å². The number of aliphatic hydroxyl groups is 2. The minimum atomic E-state index is -1.29. The predicted octanol–water partition coefficient (Wildman–Crippen LogP) is 1.11. The molecule has 0 amide bonds. The van der Waals surface area contributed by atoms with Crippen molar-refractivity contribution in [3.8, 4) is 0 Å². The number of hydrogen-bond donors (Lipinski definition) is 3. The SMILES string of the molecule is CC(=O)SCC(O)C(O)c1cnc(C(=O)O)c(Cl)c1. The molecule has 3 N–H and O–H groups in total. The molecule has 1 aromatic rings. The maximum atomic E-state index is 10.8. The number of carbonyl (C=O) groups is 2. The van der Waals surface area contributed by atoms with Crippen LogP contribution >= 0.6 is 23.4 Å². The number of halogens is 1. The molecule has 0 aromatic carbocycles. The molecule has 0 fully saturated rings. The predicted molar refractivity (Wildman–Crippen MR) is 70.3 cm³/mol. The zero-order valence-electron chi connectivity index (χ0n) is 9.91. The second kappa shape index (κ2) is 6.85. The van der Waals surface area contributed by atoms with Crippen molar-refractivity contribution in [2.75, 3.05) is 5.75 Å². The maximum Gasteiger partial charge on any atom is 0.356 e. The number of nitrogens with zero attached hydrogens (tertiary/aromatic N) is 1. The van der Waals surface area contributed by atoms with Gasteiger partial charge in [-0.15, -0.1) is 0 Å². The molecule has 19 heavy (non-hydrogen) atoms. The lowest BCUT2D eigenvalue weighted by atomic mass is 10.1. The summed E-state index contributed by atoms with van der Waals surface area (Å²) in [6.07, 6.45) is -1.34. The number of carboxylic acid groups (broad SMARTS) is 1. The Hall–Kier alpha value is -1.15. The summed E-state index contributed by atoms with van der Waals surface area (Å²) in [7, 11) is 0. The maximum absolute atomic E-state index is 10.8. The fourth-order valence-corrected chi connectivity index (χ4v) is 2.13. The molecule has 0 spiro atoms. The second-order valence-electron chi connectivity index (χ2n) is 3.72. The first-order valence-electron chi connectivity index (χ1n) is 5.21. The lowest BCUT2D eigenvalue weighted by Crippen LogP contribution is -2.21. The average molecular weight is 306 g/mol. The van der Waals surface area contributed by atoms with Gasteiger partial charge in [-0.3, -0.25) is 4.79 Å². The molecule has 1 rings (SSSR count). The average Bonchev–Trinajstić information content (AvgIpc) is 2.34. The number of aliphatic hydroxyl groups excluding tert-OH is 2. The number of thioether (sulfide) groups is 1. The molecule has 0 saturated carbocycles. The molecule has 104 valence electrons. The number of aromatic nitrogens is 1. The third-order valence-electron chi connectivity index (χ3n) is 2.23. The lowest BCUT2D eigenvalue weighted by molar-refractivity contribution is -0.109. The van der Waals surface area contributed by atoms with Crippen LogP contribution < -0.4 is 0 Å². The molecular weight excluding hydrogens is 294 g/mol. The highest BCUT2D eigenvalue weighted by Gasteiger charge is 2.21. The molecule has 0 aliphatic rings. The topological polar surface area (TPSA) is 108 Å². The van der Waals surface area contributed by atoms with Crippen LogP contribution in [0.25, 0.3) is 0 Å². The van der Waals surface area contributed by atoms with E-state index in [0.717, 1.165) is 18.0 Å². The van der Waals surface area contributed by atoms with Gasteiger partial charge in [0.25, 0.3) is 0 Å². The fraction of sp³-hybridized carbons (Fsp3) is 0.364. The van der Waals surface area contributed by atoms with Gasteiger partial charge >= 0.3 is 5.97 Å². The Morgan fingerprint density at radius 3 is 2.58 bits per heavy atom. The van der Waals surface area contributed by atoms with Gasteiger partial charge in [0.1, 0.15) is 6.10 Å². The Kier molecular flexibility index (Phi) is 5.74.